The van der Waals surface area contributed by atoms with E-state index in [-0.39, 0.29) is 23.3 Å². The molecule has 2 aromatic rings. The molecule has 28 heavy (non-hydrogen) atoms. The van der Waals surface area contributed by atoms with E-state index in [4.69, 9.17) is 14.2 Å². The lowest BCUT2D eigenvalue weighted by Crippen LogP contribution is -2.39. The minimum absolute atomic E-state index is 0.0649. The number of aryl methyl sites for hydroxylation is 1. The van der Waals surface area contributed by atoms with Crippen molar-refractivity contribution in [2.75, 3.05) is 14.2 Å². The average molecular weight is 383 g/mol. The molecule has 1 N–H and O–H groups in total. The highest BCUT2D eigenvalue weighted by Crippen LogP contribution is 2.32. The monoisotopic (exact) mass is 383 g/mol. The molecule has 0 bridgehead atoms. The first-order valence-corrected chi connectivity index (χ1v) is 9.35. The lowest BCUT2D eigenvalue weighted by atomic mass is 9.87. The Morgan fingerprint density at radius 3 is 2.61 bits per heavy atom. The second-order valence-electron chi connectivity index (χ2n) is 6.74. The number of carbonyl (C=O) groups is 2. The fraction of sp³-hybridized carbons (Fsp3) is 0.364. The molecule has 2 aromatic carbocycles. The maximum atomic E-state index is 12.6. The van der Waals surface area contributed by atoms with E-state index in [2.05, 4.69) is 11.4 Å². The van der Waals surface area contributed by atoms with Crippen molar-refractivity contribution in [3.05, 3.63) is 59.2 Å². The fourth-order valence-electron chi connectivity index (χ4n) is 3.52. The van der Waals surface area contributed by atoms with E-state index in [0.717, 1.165) is 24.8 Å². The molecule has 0 aliphatic heterocycles. The number of rotatable bonds is 6. The zero-order chi connectivity index (χ0) is 20.1. The summed E-state index contributed by atoms with van der Waals surface area (Å²) < 4.78 is 15.8. The number of hydrogen-bond acceptors (Lipinski definition) is 5. The molecule has 0 heterocycles. The normalized spacial score (nSPS) is 16.5. The van der Waals surface area contributed by atoms with Gasteiger partial charge in [-0.15, -0.1) is 0 Å². The number of amides is 1. The van der Waals surface area contributed by atoms with Crippen molar-refractivity contribution < 1.29 is 23.8 Å². The predicted octanol–water partition coefficient (Wildman–Crippen LogP) is 3.44. The zero-order valence-electron chi connectivity index (χ0n) is 16.4. The first-order chi connectivity index (χ1) is 13.5. The van der Waals surface area contributed by atoms with Gasteiger partial charge in [-0.25, -0.2) is 4.79 Å². The third-order valence-electron chi connectivity index (χ3n) is 4.96. The van der Waals surface area contributed by atoms with Gasteiger partial charge in [-0.3, -0.25) is 4.79 Å². The molecule has 1 aliphatic rings. The molecule has 0 saturated heterocycles. The van der Waals surface area contributed by atoms with E-state index in [9.17, 15) is 9.59 Å². The number of carbonyl (C=O) groups excluding carboxylic acids is 2. The Kier molecular flexibility index (Phi) is 6.19. The summed E-state index contributed by atoms with van der Waals surface area (Å²) in [4.78, 5) is 25.2. The first-order valence-electron chi connectivity index (χ1n) is 9.35. The summed E-state index contributed by atoms with van der Waals surface area (Å²) >= 11 is 0. The smallest absolute Gasteiger partial charge is 0.342 e. The molecule has 148 valence electrons. The van der Waals surface area contributed by atoms with Crippen LogP contribution >= 0.6 is 0 Å². The third-order valence-corrected chi connectivity index (χ3v) is 4.96. The van der Waals surface area contributed by atoms with E-state index >= 15 is 0 Å². The molecule has 6 nitrogen and oxygen atoms in total. The van der Waals surface area contributed by atoms with Gasteiger partial charge < -0.3 is 19.5 Å². The van der Waals surface area contributed by atoms with Crippen LogP contribution in [-0.4, -0.2) is 32.2 Å². The molecule has 1 aliphatic carbocycles. The molecule has 0 saturated carbocycles. The second kappa shape index (κ2) is 8.78. The van der Waals surface area contributed by atoms with Crippen molar-refractivity contribution in [2.45, 2.75) is 38.3 Å². The van der Waals surface area contributed by atoms with Gasteiger partial charge in [-0.2, -0.15) is 0 Å². The van der Waals surface area contributed by atoms with Gasteiger partial charge in [0.2, 0.25) is 0 Å². The lowest BCUT2D eigenvalue weighted by molar-refractivity contribution is -0.130. The summed E-state index contributed by atoms with van der Waals surface area (Å²) in [5.74, 6) is -0.254. The molecular weight excluding hydrogens is 358 g/mol. The highest BCUT2D eigenvalue weighted by molar-refractivity contribution is 5.95. The van der Waals surface area contributed by atoms with Crippen molar-refractivity contribution in [3.8, 4) is 11.5 Å². The van der Waals surface area contributed by atoms with Crippen molar-refractivity contribution in [3.63, 3.8) is 0 Å². The molecular formula is C22H25NO5. The summed E-state index contributed by atoms with van der Waals surface area (Å²) in [6.45, 7) is 1.56. The van der Waals surface area contributed by atoms with E-state index < -0.39 is 12.1 Å². The molecule has 0 aromatic heterocycles. The molecule has 6 heteroatoms. The van der Waals surface area contributed by atoms with Gasteiger partial charge in [0.25, 0.3) is 5.91 Å². The largest absolute Gasteiger partial charge is 0.493 e. The zero-order valence-corrected chi connectivity index (χ0v) is 16.4. The van der Waals surface area contributed by atoms with Crippen molar-refractivity contribution >= 4 is 11.9 Å². The first kappa shape index (κ1) is 19.7. The highest BCUT2D eigenvalue weighted by Gasteiger charge is 2.27. The average Bonchev–Trinajstić information content (AvgIpc) is 2.73. The van der Waals surface area contributed by atoms with Gasteiger partial charge in [0.05, 0.1) is 20.3 Å². The number of fused-ring (bicyclic) bond motifs is 1. The highest BCUT2D eigenvalue weighted by atomic mass is 16.6. The molecule has 1 amide bonds. The van der Waals surface area contributed by atoms with Gasteiger partial charge >= 0.3 is 5.97 Å². The Morgan fingerprint density at radius 1 is 1.07 bits per heavy atom. The van der Waals surface area contributed by atoms with E-state index in [1.165, 1.54) is 19.8 Å². The standard InChI is InChI=1S/C22H25NO5/c1-14(28-22(25)17-11-7-13-19(26-2)20(17)27-3)21(24)23-18-12-6-9-15-8-4-5-10-16(15)18/h4-5,7-8,10-11,13-14,18H,6,9,12H2,1-3H3,(H,23,24)/t14-,18-/m0/s1. The number of ether oxygens (including phenoxy) is 3. The maximum Gasteiger partial charge on any atom is 0.342 e. The SMILES string of the molecule is COc1cccc(C(=O)O[C@@H](C)C(=O)N[C@H]2CCCc3ccccc32)c1OC. The Hall–Kier alpha value is -3.02. The summed E-state index contributed by atoms with van der Waals surface area (Å²) in [5, 5.41) is 3.01. The van der Waals surface area contributed by atoms with Crippen LogP contribution in [-0.2, 0) is 16.0 Å². The topological polar surface area (TPSA) is 73.9 Å². The minimum Gasteiger partial charge on any atom is -0.493 e. The molecule has 0 fully saturated rings. The van der Waals surface area contributed by atoms with Gasteiger partial charge in [0.15, 0.2) is 17.6 Å². The van der Waals surface area contributed by atoms with Crippen LogP contribution < -0.4 is 14.8 Å². The Labute approximate surface area is 164 Å². The van der Waals surface area contributed by atoms with E-state index in [1.54, 1.807) is 25.1 Å². The Bertz CT molecular complexity index is 864. The number of nitrogens with one attached hydrogen (secondary N) is 1. The Balaban J connectivity index is 1.68. The lowest BCUT2D eigenvalue weighted by Gasteiger charge is -2.27. The van der Waals surface area contributed by atoms with Crippen LogP contribution in [0.3, 0.4) is 0 Å². The molecule has 0 radical (unpaired) electrons. The number of methoxy groups -OCH3 is 2. The van der Waals surface area contributed by atoms with Crippen LogP contribution in [0.1, 0.15) is 47.3 Å². The number of para-hydroxylation sites is 1. The van der Waals surface area contributed by atoms with E-state index in [0.29, 0.717) is 5.75 Å². The van der Waals surface area contributed by atoms with Crippen LogP contribution in [0.5, 0.6) is 11.5 Å². The van der Waals surface area contributed by atoms with Crippen molar-refractivity contribution in [1.82, 2.24) is 5.32 Å². The quantitative estimate of drug-likeness (QED) is 0.774. The maximum absolute atomic E-state index is 12.6. The predicted molar refractivity (Wildman–Crippen MR) is 105 cm³/mol. The second-order valence-corrected chi connectivity index (χ2v) is 6.74. The molecule has 0 unspecified atom stereocenters. The van der Waals surface area contributed by atoms with Gasteiger partial charge in [0, 0.05) is 0 Å². The summed E-state index contributed by atoms with van der Waals surface area (Å²) in [6.07, 6.45) is 1.96. The van der Waals surface area contributed by atoms with E-state index in [1.807, 2.05) is 18.2 Å². The van der Waals surface area contributed by atoms with Crippen LogP contribution in [0.15, 0.2) is 42.5 Å². The summed E-state index contributed by atoms with van der Waals surface area (Å²) in [6, 6.07) is 13.0. The van der Waals surface area contributed by atoms with Crippen LogP contribution in [0.4, 0.5) is 0 Å². The van der Waals surface area contributed by atoms with Crippen LogP contribution in [0, 0.1) is 0 Å². The minimum atomic E-state index is -0.933. The third kappa shape index (κ3) is 4.11. The van der Waals surface area contributed by atoms with Crippen molar-refractivity contribution in [2.24, 2.45) is 0 Å². The molecule has 3 rings (SSSR count). The van der Waals surface area contributed by atoms with Gasteiger partial charge in [0.1, 0.15) is 5.56 Å². The molecule has 2 atom stereocenters. The van der Waals surface area contributed by atoms with Crippen molar-refractivity contribution in [1.29, 1.82) is 0 Å². The fourth-order valence-corrected chi connectivity index (χ4v) is 3.52. The molecule has 0 spiro atoms. The number of esters is 1. The summed E-state index contributed by atoms with van der Waals surface area (Å²) in [7, 11) is 2.94. The van der Waals surface area contributed by atoms with Gasteiger partial charge in [-0.1, -0.05) is 30.3 Å². The Morgan fingerprint density at radius 2 is 1.86 bits per heavy atom. The summed E-state index contributed by atoms with van der Waals surface area (Å²) in [5.41, 5.74) is 2.60. The van der Waals surface area contributed by atoms with Gasteiger partial charge in [-0.05, 0) is 49.4 Å². The number of benzene rings is 2. The van der Waals surface area contributed by atoms with Crippen LogP contribution in [0.25, 0.3) is 0 Å². The van der Waals surface area contributed by atoms with Crippen LogP contribution in [0.2, 0.25) is 0 Å². The number of hydrogen-bond donors (Lipinski definition) is 1.